The number of pyridine rings is 1. The molecular weight excluding hydrogens is 220 g/mol. The highest BCUT2D eigenvalue weighted by atomic mass is 16.5. The van der Waals surface area contributed by atoms with Crippen LogP contribution in [0.4, 0.5) is 0 Å². The van der Waals surface area contributed by atoms with E-state index in [1.54, 1.807) is 20.2 Å². The zero-order valence-corrected chi connectivity index (χ0v) is 10.6. The van der Waals surface area contributed by atoms with Gasteiger partial charge in [0, 0.05) is 23.9 Å². The zero-order chi connectivity index (χ0) is 13.0. The van der Waals surface area contributed by atoms with Crippen LogP contribution in [0.3, 0.4) is 0 Å². The molecule has 5 heteroatoms. The van der Waals surface area contributed by atoms with E-state index in [-0.39, 0.29) is 0 Å². The summed E-state index contributed by atoms with van der Waals surface area (Å²) < 4.78 is 5.29. The first-order chi connectivity index (χ1) is 7.97. The van der Waals surface area contributed by atoms with Gasteiger partial charge in [-0.3, -0.25) is 15.1 Å². The number of carboxylic acid groups (broad SMARTS) is 1. The Morgan fingerprint density at radius 1 is 1.59 bits per heavy atom. The summed E-state index contributed by atoms with van der Waals surface area (Å²) in [6.45, 7) is 5.86. The number of ether oxygens (including phenoxy) is 1. The number of methoxy groups -OCH3 is 1. The summed E-state index contributed by atoms with van der Waals surface area (Å²) in [7, 11) is 1.62. The molecule has 2 N–H and O–H groups in total. The van der Waals surface area contributed by atoms with Gasteiger partial charge in [-0.1, -0.05) is 0 Å². The van der Waals surface area contributed by atoms with Crippen LogP contribution in [0.2, 0.25) is 0 Å². The molecular formula is C12H18N2O3. The van der Waals surface area contributed by atoms with Gasteiger partial charge >= 0.3 is 5.97 Å². The van der Waals surface area contributed by atoms with Crippen molar-refractivity contribution in [1.29, 1.82) is 0 Å². The third-order valence-corrected chi connectivity index (χ3v) is 2.70. The second-order valence-corrected chi connectivity index (χ2v) is 3.99. The van der Waals surface area contributed by atoms with Crippen LogP contribution in [0.15, 0.2) is 6.20 Å². The lowest BCUT2D eigenvalue weighted by atomic mass is 10.1. The summed E-state index contributed by atoms with van der Waals surface area (Å²) in [5, 5.41) is 11.7. The number of aromatic nitrogens is 1. The first-order valence-corrected chi connectivity index (χ1v) is 5.42. The molecule has 0 aromatic carbocycles. The quantitative estimate of drug-likeness (QED) is 0.808. The van der Waals surface area contributed by atoms with Crippen molar-refractivity contribution in [2.24, 2.45) is 0 Å². The van der Waals surface area contributed by atoms with Crippen LogP contribution < -0.4 is 10.1 Å². The Labute approximate surface area is 101 Å². The molecule has 0 amide bonds. The second kappa shape index (κ2) is 5.63. The molecule has 1 aromatic heterocycles. The van der Waals surface area contributed by atoms with E-state index in [2.05, 4.69) is 10.3 Å². The maximum Gasteiger partial charge on any atom is 0.320 e. The third-order valence-electron chi connectivity index (χ3n) is 2.70. The van der Waals surface area contributed by atoms with Gasteiger partial charge in [0.15, 0.2) is 0 Å². The van der Waals surface area contributed by atoms with E-state index in [0.717, 1.165) is 22.6 Å². The number of carboxylic acids is 1. The van der Waals surface area contributed by atoms with Gasteiger partial charge in [-0.25, -0.2) is 0 Å². The minimum atomic E-state index is -0.873. The van der Waals surface area contributed by atoms with E-state index < -0.39 is 12.0 Å². The summed E-state index contributed by atoms with van der Waals surface area (Å²) in [4.78, 5) is 15.0. The summed E-state index contributed by atoms with van der Waals surface area (Å²) in [5.74, 6) is -0.0680. The molecule has 0 aliphatic heterocycles. The molecule has 0 radical (unpaired) electrons. The van der Waals surface area contributed by atoms with Gasteiger partial charge in [0.1, 0.15) is 11.8 Å². The Hall–Kier alpha value is -1.62. The van der Waals surface area contributed by atoms with Crippen LogP contribution in [0.25, 0.3) is 0 Å². The first-order valence-electron chi connectivity index (χ1n) is 5.42. The predicted molar refractivity (Wildman–Crippen MR) is 64.2 cm³/mol. The highest BCUT2D eigenvalue weighted by Crippen LogP contribution is 2.23. The molecule has 0 aliphatic carbocycles. The summed E-state index contributed by atoms with van der Waals surface area (Å²) in [5.41, 5.74) is 2.72. The number of rotatable bonds is 5. The maximum absolute atomic E-state index is 10.7. The van der Waals surface area contributed by atoms with Gasteiger partial charge in [-0.15, -0.1) is 0 Å². The minimum absolute atomic E-state index is 0.413. The normalized spacial score (nSPS) is 12.2. The molecule has 94 valence electrons. The second-order valence-electron chi connectivity index (χ2n) is 3.99. The monoisotopic (exact) mass is 238 g/mol. The van der Waals surface area contributed by atoms with Crippen molar-refractivity contribution < 1.29 is 14.6 Å². The average molecular weight is 238 g/mol. The van der Waals surface area contributed by atoms with Crippen molar-refractivity contribution in [1.82, 2.24) is 10.3 Å². The van der Waals surface area contributed by atoms with Gasteiger partial charge in [0.2, 0.25) is 0 Å². The molecule has 1 atom stereocenters. The average Bonchev–Trinajstić information content (AvgIpc) is 2.28. The number of hydrogen-bond donors (Lipinski definition) is 2. The molecule has 1 heterocycles. The van der Waals surface area contributed by atoms with Crippen LogP contribution >= 0.6 is 0 Å². The molecule has 1 aromatic rings. The smallest absolute Gasteiger partial charge is 0.320 e. The van der Waals surface area contributed by atoms with Gasteiger partial charge in [-0.2, -0.15) is 0 Å². The highest BCUT2D eigenvalue weighted by Gasteiger charge is 2.13. The summed E-state index contributed by atoms with van der Waals surface area (Å²) >= 11 is 0. The topological polar surface area (TPSA) is 71.5 Å². The van der Waals surface area contributed by atoms with Crippen LogP contribution in [0.1, 0.15) is 23.7 Å². The standard InChI is InChI=1S/C12H18N2O3/c1-7-5-14-10(8(2)11(7)17-4)6-13-9(3)12(15)16/h5,9,13H,6H2,1-4H3,(H,15,16)/t9-/m1/s1. The lowest BCUT2D eigenvalue weighted by molar-refractivity contribution is -0.139. The fraction of sp³-hybridized carbons (Fsp3) is 0.500. The van der Waals surface area contributed by atoms with Gasteiger partial charge < -0.3 is 9.84 Å². The van der Waals surface area contributed by atoms with Crippen molar-refractivity contribution >= 4 is 5.97 Å². The van der Waals surface area contributed by atoms with E-state index in [1.165, 1.54) is 0 Å². The number of hydrogen-bond acceptors (Lipinski definition) is 4. The SMILES string of the molecule is COc1c(C)cnc(CN[C@H](C)C(=O)O)c1C. The maximum atomic E-state index is 10.7. The van der Waals surface area contributed by atoms with Gasteiger partial charge in [-0.05, 0) is 20.8 Å². The van der Waals surface area contributed by atoms with Gasteiger partial charge in [0.05, 0.1) is 12.8 Å². The third kappa shape index (κ3) is 3.17. The van der Waals surface area contributed by atoms with Crippen LogP contribution in [-0.2, 0) is 11.3 Å². The van der Waals surface area contributed by atoms with E-state index in [9.17, 15) is 4.79 Å². The molecule has 0 aliphatic rings. The van der Waals surface area contributed by atoms with Gasteiger partial charge in [0.25, 0.3) is 0 Å². The fourth-order valence-corrected chi connectivity index (χ4v) is 1.59. The lowest BCUT2D eigenvalue weighted by Crippen LogP contribution is -2.33. The fourth-order valence-electron chi connectivity index (χ4n) is 1.59. The Kier molecular flexibility index (Phi) is 4.45. The Morgan fingerprint density at radius 2 is 2.24 bits per heavy atom. The van der Waals surface area contributed by atoms with E-state index in [4.69, 9.17) is 9.84 Å². The molecule has 0 saturated carbocycles. The molecule has 1 rings (SSSR count). The Bertz CT molecular complexity index is 418. The highest BCUT2D eigenvalue weighted by molar-refractivity contribution is 5.72. The van der Waals surface area contributed by atoms with Crippen molar-refractivity contribution in [2.45, 2.75) is 33.4 Å². The zero-order valence-electron chi connectivity index (χ0n) is 10.6. The number of nitrogens with zero attached hydrogens (tertiary/aromatic N) is 1. The first kappa shape index (κ1) is 13.4. The van der Waals surface area contributed by atoms with Crippen molar-refractivity contribution in [2.75, 3.05) is 7.11 Å². The van der Waals surface area contributed by atoms with Crippen molar-refractivity contribution in [3.63, 3.8) is 0 Å². The van der Waals surface area contributed by atoms with Crippen LogP contribution in [0, 0.1) is 13.8 Å². The number of aryl methyl sites for hydroxylation is 1. The minimum Gasteiger partial charge on any atom is -0.496 e. The molecule has 0 bridgehead atoms. The molecule has 0 spiro atoms. The van der Waals surface area contributed by atoms with Crippen molar-refractivity contribution in [3.05, 3.63) is 23.0 Å². The van der Waals surface area contributed by atoms with E-state index in [1.807, 2.05) is 13.8 Å². The van der Waals surface area contributed by atoms with Crippen LogP contribution in [-0.4, -0.2) is 29.2 Å². The molecule has 17 heavy (non-hydrogen) atoms. The molecule has 5 nitrogen and oxygen atoms in total. The molecule has 0 unspecified atom stereocenters. The van der Waals surface area contributed by atoms with E-state index >= 15 is 0 Å². The largest absolute Gasteiger partial charge is 0.496 e. The number of carbonyl (C=O) groups is 1. The lowest BCUT2D eigenvalue weighted by Gasteiger charge is -2.14. The summed E-state index contributed by atoms with van der Waals surface area (Å²) in [6.07, 6.45) is 1.73. The Morgan fingerprint density at radius 3 is 2.76 bits per heavy atom. The van der Waals surface area contributed by atoms with Crippen LogP contribution in [0.5, 0.6) is 5.75 Å². The number of aliphatic carboxylic acids is 1. The predicted octanol–water partition coefficient (Wildman–Crippen LogP) is 1.27. The van der Waals surface area contributed by atoms with E-state index in [0.29, 0.717) is 6.54 Å². The number of nitrogens with one attached hydrogen (secondary N) is 1. The molecule has 0 fully saturated rings. The van der Waals surface area contributed by atoms with Crippen molar-refractivity contribution in [3.8, 4) is 5.75 Å². The Balaban J connectivity index is 2.82. The summed E-state index contributed by atoms with van der Waals surface area (Å²) in [6, 6.07) is -0.594. The molecule has 0 saturated heterocycles.